The van der Waals surface area contributed by atoms with Gasteiger partial charge in [-0.15, -0.1) is 4.72 Å². The van der Waals surface area contributed by atoms with Crippen LogP contribution in [0.5, 0.6) is 0 Å². The van der Waals surface area contributed by atoms with Crippen LogP contribution in [0.4, 0.5) is 8.78 Å². The Balaban J connectivity index is 1.35. The maximum absolute atomic E-state index is 14.3. The van der Waals surface area contributed by atoms with E-state index in [2.05, 4.69) is 4.72 Å². The van der Waals surface area contributed by atoms with Crippen LogP contribution < -0.4 is 4.72 Å². The number of thiol groups is 1. The first-order valence-corrected chi connectivity index (χ1v) is 11.6. The van der Waals surface area contributed by atoms with Crippen molar-refractivity contribution in [2.24, 2.45) is 11.8 Å². The van der Waals surface area contributed by atoms with Crippen LogP contribution in [-0.2, 0) is 20.0 Å². The van der Waals surface area contributed by atoms with Gasteiger partial charge in [-0.25, -0.2) is 8.78 Å². The number of piperidine rings is 1. The molecule has 152 valence electrons. The predicted octanol–water partition coefficient (Wildman–Crippen LogP) is 3.17. The van der Waals surface area contributed by atoms with Crippen molar-refractivity contribution >= 4 is 16.9 Å². The number of fused-ring (bicyclic) bond motifs is 1. The van der Waals surface area contributed by atoms with Crippen LogP contribution in [0.15, 0.2) is 42.5 Å². The van der Waals surface area contributed by atoms with Gasteiger partial charge in [0, 0.05) is 24.9 Å². The Morgan fingerprint density at radius 2 is 1.90 bits per heavy atom. The van der Waals surface area contributed by atoms with Crippen molar-refractivity contribution in [3.63, 3.8) is 0 Å². The van der Waals surface area contributed by atoms with Crippen molar-refractivity contribution in [2.75, 3.05) is 19.3 Å². The van der Waals surface area contributed by atoms with E-state index in [1.165, 1.54) is 18.2 Å². The number of carbonyl (C=O) groups is 1. The molecule has 0 bridgehead atoms. The van der Waals surface area contributed by atoms with Crippen LogP contribution in [0, 0.1) is 23.5 Å². The molecular weight excluding hydrogens is 394 g/mol. The Bertz CT molecular complexity index is 1010. The van der Waals surface area contributed by atoms with E-state index in [4.69, 9.17) is 0 Å². The van der Waals surface area contributed by atoms with Crippen molar-refractivity contribution in [3.05, 3.63) is 59.7 Å². The summed E-state index contributed by atoms with van der Waals surface area (Å²) in [5, 5.41) is 0. The number of halogens is 2. The predicted molar refractivity (Wildman–Crippen MR) is 109 cm³/mol. The highest BCUT2D eigenvalue weighted by atomic mass is 32.2. The van der Waals surface area contributed by atoms with Gasteiger partial charge < -0.3 is 4.90 Å². The molecule has 3 fully saturated rings. The number of carbonyl (C=O) groups excluding carboxylic acids is 1. The highest BCUT2D eigenvalue weighted by molar-refractivity contribution is 7.82. The number of hydrogen-bond donors (Lipinski definition) is 1. The Morgan fingerprint density at radius 1 is 1.17 bits per heavy atom. The molecule has 1 aliphatic heterocycles. The van der Waals surface area contributed by atoms with E-state index in [1.807, 2.05) is 17.0 Å². The summed E-state index contributed by atoms with van der Waals surface area (Å²) in [6.45, 7) is 1.29. The summed E-state index contributed by atoms with van der Waals surface area (Å²) >= 11 is 0. The van der Waals surface area contributed by atoms with E-state index in [0.29, 0.717) is 31.0 Å². The van der Waals surface area contributed by atoms with Crippen molar-refractivity contribution in [1.29, 1.82) is 0 Å². The average molecular weight is 418 g/mol. The highest BCUT2D eigenvalue weighted by Crippen LogP contribution is 2.55. The smallest absolute Gasteiger partial charge is 0.226 e. The first kappa shape index (κ1) is 18.9. The zero-order chi connectivity index (χ0) is 20.3. The molecule has 2 aromatic rings. The fourth-order valence-electron chi connectivity index (χ4n) is 4.99. The van der Waals surface area contributed by atoms with Gasteiger partial charge in [-0.1, -0.05) is 34.5 Å². The molecule has 29 heavy (non-hydrogen) atoms. The van der Waals surface area contributed by atoms with Crippen LogP contribution in [0.25, 0.3) is 11.1 Å². The summed E-state index contributed by atoms with van der Waals surface area (Å²) in [6.07, 6.45) is 3.31. The van der Waals surface area contributed by atoms with Gasteiger partial charge >= 0.3 is 0 Å². The lowest BCUT2D eigenvalue weighted by atomic mass is 9.95. The fraction of sp³-hybridized carbons (Fsp3) is 0.409. The van der Waals surface area contributed by atoms with Gasteiger partial charge in [-0.05, 0) is 42.0 Å². The van der Waals surface area contributed by atoms with Crippen LogP contribution in [0.2, 0.25) is 0 Å². The third-order valence-electron chi connectivity index (χ3n) is 6.54. The van der Waals surface area contributed by atoms with Crippen molar-refractivity contribution in [1.82, 2.24) is 9.62 Å². The Morgan fingerprint density at radius 3 is 2.62 bits per heavy atom. The quantitative estimate of drug-likeness (QED) is 0.600. The van der Waals surface area contributed by atoms with Gasteiger partial charge in [0.25, 0.3) is 0 Å². The molecule has 2 aliphatic carbocycles. The number of hydrogen-bond acceptors (Lipinski definition) is 2. The highest BCUT2D eigenvalue weighted by Gasteiger charge is 2.64. The topological polar surface area (TPSA) is 49.4 Å². The lowest BCUT2D eigenvalue weighted by molar-refractivity contribution is -0.132. The summed E-state index contributed by atoms with van der Waals surface area (Å²) in [5.41, 5.74) is 1.15. The second-order valence-corrected chi connectivity index (χ2v) is 9.74. The number of rotatable bonds is 5. The lowest BCUT2D eigenvalue weighted by Gasteiger charge is -2.20. The molecule has 3 aliphatic rings. The molecule has 2 saturated carbocycles. The molecule has 5 rings (SSSR count). The molecule has 7 heteroatoms. The first-order valence-electron chi connectivity index (χ1n) is 9.90. The monoisotopic (exact) mass is 417 g/mol. The van der Waals surface area contributed by atoms with E-state index in [9.17, 15) is 17.8 Å². The van der Waals surface area contributed by atoms with Crippen molar-refractivity contribution in [3.8, 4) is 11.1 Å². The number of nitrogens with one attached hydrogen (secondary N) is 1. The maximum Gasteiger partial charge on any atom is 0.226 e. The number of benzene rings is 2. The third-order valence-corrected chi connectivity index (χ3v) is 7.30. The summed E-state index contributed by atoms with van der Waals surface area (Å²) in [6, 6.07) is 11.1. The van der Waals surface area contributed by atoms with Gasteiger partial charge in [0.1, 0.15) is 28.9 Å². The van der Waals surface area contributed by atoms with Gasteiger partial charge in [-0.3, -0.25) is 4.79 Å². The standard InChI is InChI=1S/C22H22F2N2O2S/c1-29(28)25-22-10-13(22)11-26(12-22)21(27)17-9-16(17)14-5-2-3-6-15(14)20-18(23)7-4-8-19(20)24/h2-8,13,16-17H,9-12H2,1H3,(H,25,28)/p+1. The van der Waals surface area contributed by atoms with E-state index >= 15 is 0 Å². The van der Waals surface area contributed by atoms with E-state index in [0.717, 1.165) is 12.0 Å². The zero-order valence-electron chi connectivity index (χ0n) is 16.1. The SMILES string of the molecule is C[SH+](=O)NC12CC1CN(C(=O)C1CC1c1ccccc1-c1c(F)cccc1F)C2. The van der Waals surface area contributed by atoms with Crippen LogP contribution in [0.1, 0.15) is 24.3 Å². The molecule has 5 unspecified atom stereocenters. The lowest BCUT2D eigenvalue weighted by Crippen LogP contribution is -2.41. The largest absolute Gasteiger partial charge is 0.340 e. The van der Waals surface area contributed by atoms with Crippen LogP contribution >= 0.6 is 0 Å². The molecule has 4 nitrogen and oxygen atoms in total. The second kappa shape index (κ2) is 6.71. The molecule has 2 aromatic carbocycles. The first-order chi connectivity index (χ1) is 13.9. The molecule has 1 heterocycles. The normalized spacial score (nSPS) is 30.7. The van der Waals surface area contributed by atoms with Crippen LogP contribution in [-0.4, -0.2) is 35.7 Å². The molecular formula is C22H23F2N2O2S+. The van der Waals surface area contributed by atoms with E-state index in [1.54, 1.807) is 18.4 Å². The number of amides is 1. The number of likely N-dealkylation sites (tertiary alicyclic amines) is 1. The van der Waals surface area contributed by atoms with Gasteiger partial charge in [0.15, 0.2) is 0 Å². The zero-order valence-corrected chi connectivity index (χ0v) is 17.0. The van der Waals surface area contributed by atoms with Gasteiger partial charge in [0.05, 0.1) is 11.1 Å². The Hall–Kier alpha value is -2.12. The van der Waals surface area contributed by atoms with Gasteiger partial charge in [0.2, 0.25) is 5.91 Å². The summed E-state index contributed by atoms with van der Waals surface area (Å²) in [7, 11) is -1.45. The molecule has 0 radical (unpaired) electrons. The molecule has 1 amide bonds. The summed E-state index contributed by atoms with van der Waals surface area (Å²) < 4.78 is 43.4. The molecule has 1 saturated heterocycles. The molecule has 1 N–H and O–H groups in total. The minimum Gasteiger partial charge on any atom is -0.340 e. The maximum atomic E-state index is 14.3. The molecule has 0 spiro atoms. The summed E-state index contributed by atoms with van der Waals surface area (Å²) in [5.74, 6) is -0.900. The van der Waals surface area contributed by atoms with Crippen molar-refractivity contribution in [2.45, 2.75) is 24.3 Å². The minimum atomic E-state index is -1.45. The average Bonchev–Trinajstić information content (AvgIpc) is 3.57. The number of nitrogens with zero attached hydrogens (tertiary/aromatic N) is 1. The molecule has 5 atom stereocenters. The fourth-order valence-corrected chi connectivity index (χ4v) is 5.96. The molecule has 0 aromatic heterocycles. The summed E-state index contributed by atoms with van der Waals surface area (Å²) in [4.78, 5) is 14.9. The Kier molecular flexibility index (Phi) is 4.37. The van der Waals surface area contributed by atoms with Crippen molar-refractivity contribution < 1.29 is 17.8 Å². The minimum absolute atomic E-state index is 0.0265. The van der Waals surface area contributed by atoms with E-state index < -0.39 is 22.6 Å². The second-order valence-electron chi connectivity index (χ2n) is 8.52. The third kappa shape index (κ3) is 3.20. The van der Waals surface area contributed by atoms with Crippen LogP contribution in [0.3, 0.4) is 0 Å². The Labute approximate surface area is 170 Å². The van der Waals surface area contributed by atoms with E-state index in [-0.39, 0.29) is 28.8 Å². The van der Waals surface area contributed by atoms with Gasteiger partial charge in [-0.2, -0.15) is 0 Å².